The molecule has 0 atom stereocenters. The number of halogens is 3. The third-order valence-electron chi connectivity index (χ3n) is 4.40. The molecular weight excluding hydrogens is 361 g/mol. The van der Waals surface area contributed by atoms with E-state index in [1.54, 1.807) is 0 Å². The Kier molecular flexibility index (Phi) is 5.99. The fourth-order valence-corrected chi connectivity index (χ4v) is 3.95. The van der Waals surface area contributed by atoms with E-state index in [9.17, 15) is 13.2 Å². The Morgan fingerprint density at radius 2 is 1.85 bits per heavy atom. The smallest absolute Gasteiger partial charge is 0.375 e. The molecule has 0 radical (unpaired) electrons. The minimum Gasteiger partial charge on any atom is -0.375 e. The highest BCUT2D eigenvalue weighted by molar-refractivity contribution is 7.13. The Morgan fingerprint density at radius 1 is 1.19 bits per heavy atom. The van der Waals surface area contributed by atoms with E-state index in [4.69, 9.17) is 4.74 Å². The number of aromatic nitrogens is 1. The predicted molar refractivity (Wildman–Crippen MR) is 97.1 cm³/mol. The molecule has 2 heterocycles. The highest BCUT2D eigenvalue weighted by atomic mass is 32.1. The van der Waals surface area contributed by atoms with E-state index >= 15 is 0 Å². The van der Waals surface area contributed by atoms with E-state index in [1.807, 2.05) is 5.38 Å². The van der Waals surface area contributed by atoms with Gasteiger partial charge < -0.3 is 4.74 Å². The number of likely N-dealkylation sites (tertiary alicyclic amines) is 1. The molecule has 1 aliphatic heterocycles. The average molecular weight is 384 g/mol. The molecule has 0 aliphatic carbocycles. The monoisotopic (exact) mass is 384 g/mol. The van der Waals surface area contributed by atoms with Crippen molar-refractivity contribution in [1.29, 1.82) is 0 Å². The zero-order chi connectivity index (χ0) is 18.7. The summed E-state index contributed by atoms with van der Waals surface area (Å²) in [6.07, 6.45) is -1.67. The molecule has 0 unspecified atom stereocenters. The molecule has 1 fully saturated rings. The number of hydrogen-bond donors (Lipinski definition) is 0. The van der Waals surface area contributed by atoms with E-state index in [-0.39, 0.29) is 6.10 Å². The van der Waals surface area contributed by atoms with Crippen molar-refractivity contribution < 1.29 is 17.9 Å². The van der Waals surface area contributed by atoms with E-state index in [0.717, 1.165) is 60.9 Å². The van der Waals surface area contributed by atoms with Gasteiger partial charge in [0.15, 0.2) is 0 Å². The lowest BCUT2D eigenvalue weighted by Gasteiger charge is -2.32. The fraction of sp³-hybridized carbons (Fsp3) is 0.526. The summed E-state index contributed by atoms with van der Waals surface area (Å²) in [7, 11) is 0. The summed E-state index contributed by atoms with van der Waals surface area (Å²) in [5, 5.41) is 2.75. The Bertz CT molecular complexity index is 704. The zero-order valence-electron chi connectivity index (χ0n) is 14.9. The number of hydrogen-bond acceptors (Lipinski definition) is 4. The number of alkyl halides is 3. The fourth-order valence-electron chi connectivity index (χ4n) is 3.13. The predicted octanol–water partition coefficient (Wildman–Crippen LogP) is 5.22. The molecule has 0 spiro atoms. The van der Waals surface area contributed by atoms with Crippen LogP contribution in [0.15, 0.2) is 29.6 Å². The van der Waals surface area contributed by atoms with Gasteiger partial charge in [-0.15, -0.1) is 11.3 Å². The molecule has 1 saturated heterocycles. The lowest BCUT2D eigenvalue weighted by Crippen LogP contribution is -2.37. The Labute approximate surface area is 155 Å². The summed E-state index contributed by atoms with van der Waals surface area (Å²) in [6, 6.07) is 5.19. The maximum absolute atomic E-state index is 12.7. The van der Waals surface area contributed by atoms with Gasteiger partial charge in [0.2, 0.25) is 0 Å². The van der Waals surface area contributed by atoms with Gasteiger partial charge in [-0.25, -0.2) is 4.98 Å². The molecule has 26 heavy (non-hydrogen) atoms. The summed E-state index contributed by atoms with van der Waals surface area (Å²) in [6.45, 7) is 6.84. The van der Waals surface area contributed by atoms with E-state index < -0.39 is 11.7 Å². The minimum atomic E-state index is -4.31. The standard InChI is InChI=1S/C19H23F3N2OS/c1-13(2)25-17-7-9-24(10-8-17)11-16-12-26-18(23-16)14-3-5-15(6-4-14)19(20,21)22/h3-6,12-13,17H,7-11H2,1-2H3. The highest BCUT2D eigenvalue weighted by Crippen LogP contribution is 2.32. The molecule has 142 valence electrons. The summed E-state index contributed by atoms with van der Waals surface area (Å²) in [4.78, 5) is 6.95. The average Bonchev–Trinajstić information content (AvgIpc) is 3.04. The van der Waals surface area contributed by atoms with Crippen LogP contribution >= 0.6 is 11.3 Å². The molecule has 0 saturated carbocycles. The minimum absolute atomic E-state index is 0.261. The van der Waals surface area contributed by atoms with Crippen molar-refractivity contribution in [2.75, 3.05) is 13.1 Å². The van der Waals surface area contributed by atoms with E-state index in [0.29, 0.717) is 6.10 Å². The van der Waals surface area contributed by atoms with Gasteiger partial charge in [-0.05, 0) is 38.8 Å². The summed E-state index contributed by atoms with van der Waals surface area (Å²) in [5.74, 6) is 0. The van der Waals surface area contributed by atoms with Crippen molar-refractivity contribution in [2.24, 2.45) is 0 Å². The summed E-state index contributed by atoms with van der Waals surface area (Å²) < 4.78 is 43.8. The van der Waals surface area contributed by atoms with Crippen LogP contribution in [0.2, 0.25) is 0 Å². The maximum Gasteiger partial charge on any atom is 0.416 e. The van der Waals surface area contributed by atoms with Gasteiger partial charge in [0, 0.05) is 30.6 Å². The second-order valence-corrected chi connectivity index (χ2v) is 7.74. The number of ether oxygens (including phenoxy) is 1. The molecule has 3 nitrogen and oxygen atoms in total. The molecule has 1 aromatic heterocycles. The largest absolute Gasteiger partial charge is 0.416 e. The topological polar surface area (TPSA) is 25.4 Å². The molecule has 2 aromatic rings. The van der Waals surface area contributed by atoms with Crippen LogP contribution in [0.3, 0.4) is 0 Å². The first-order chi connectivity index (χ1) is 12.3. The van der Waals surface area contributed by atoms with Gasteiger partial charge in [-0.3, -0.25) is 4.90 Å². The lowest BCUT2D eigenvalue weighted by atomic mass is 10.1. The van der Waals surface area contributed by atoms with Crippen molar-refractivity contribution in [3.05, 3.63) is 40.9 Å². The highest BCUT2D eigenvalue weighted by Gasteiger charge is 2.30. The van der Waals surface area contributed by atoms with Crippen LogP contribution in [0.4, 0.5) is 13.2 Å². The second-order valence-electron chi connectivity index (χ2n) is 6.88. The summed E-state index contributed by atoms with van der Waals surface area (Å²) >= 11 is 1.47. The maximum atomic E-state index is 12.7. The summed E-state index contributed by atoms with van der Waals surface area (Å²) in [5.41, 5.74) is 1.05. The Balaban J connectivity index is 1.57. The van der Waals surface area contributed by atoms with Gasteiger partial charge in [0.25, 0.3) is 0 Å². The molecule has 0 bridgehead atoms. The van der Waals surface area contributed by atoms with Gasteiger partial charge in [-0.1, -0.05) is 12.1 Å². The van der Waals surface area contributed by atoms with Crippen LogP contribution in [-0.4, -0.2) is 35.2 Å². The number of piperidine rings is 1. The van der Waals surface area contributed by atoms with Crippen molar-refractivity contribution >= 4 is 11.3 Å². The number of benzene rings is 1. The molecule has 1 aliphatic rings. The second kappa shape index (κ2) is 8.06. The Hall–Kier alpha value is -1.44. The molecule has 0 amide bonds. The van der Waals surface area contributed by atoms with Crippen molar-refractivity contribution in [1.82, 2.24) is 9.88 Å². The van der Waals surface area contributed by atoms with Crippen molar-refractivity contribution in [2.45, 2.75) is 51.6 Å². The van der Waals surface area contributed by atoms with Gasteiger partial charge in [0.05, 0.1) is 23.5 Å². The number of thiazole rings is 1. The van der Waals surface area contributed by atoms with Crippen LogP contribution in [0.1, 0.15) is 37.9 Å². The first-order valence-corrected chi connectivity index (χ1v) is 9.69. The lowest BCUT2D eigenvalue weighted by molar-refractivity contribution is -0.137. The van der Waals surface area contributed by atoms with Gasteiger partial charge >= 0.3 is 6.18 Å². The van der Waals surface area contributed by atoms with Crippen LogP contribution in [0.5, 0.6) is 0 Å². The van der Waals surface area contributed by atoms with Gasteiger partial charge in [-0.2, -0.15) is 13.2 Å². The SMILES string of the molecule is CC(C)OC1CCN(Cc2csc(-c3ccc(C(F)(F)F)cc3)n2)CC1. The van der Waals surface area contributed by atoms with Crippen molar-refractivity contribution in [3.8, 4) is 10.6 Å². The molecule has 0 N–H and O–H groups in total. The zero-order valence-corrected chi connectivity index (χ0v) is 15.7. The number of nitrogens with zero attached hydrogens (tertiary/aromatic N) is 2. The van der Waals surface area contributed by atoms with Crippen LogP contribution in [0, 0.1) is 0 Å². The van der Waals surface area contributed by atoms with E-state index in [2.05, 4.69) is 23.7 Å². The quantitative estimate of drug-likeness (QED) is 0.707. The molecule has 1 aromatic carbocycles. The first kappa shape index (κ1) is 19.3. The normalized spacial score (nSPS) is 17.2. The third-order valence-corrected chi connectivity index (χ3v) is 5.34. The number of rotatable bonds is 5. The van der Waals surface area contributed by atoms with Crippen LogP contribution in [-0.2, 0) is 17.5 Å². The van der Waals surface area contributed by atoms with Crippen LogP contribution in [0.25, 0.3) is 10.6 Å². The van der Waals surface area contributed by atoms with Gasteiger partial charge in [0.1, 0.15) is 5.01 Å². The van der Waals surface area contributed by atoms with E-state index in [1.165, 1.54) is 23.5 Å². The third kappa shape index (κ3) is 5.05. The van der Waals surface area contributed by atoms with Crippen molar-refractivity contribution in [3.63, 3.8) is 0 Å². The molecule has 7 heteroatoms. The molecule has 3 rings (SSSR count). The molecular formula is C19H23F3N2OS. The van der Waals surface area contributed by atoms with Crippen LogP contribution < -0.4 is 0 Å². The first-order valence-electron chi connectivity index (χ1n) is 8.81. The Morgan fingerprint density at radius 3 is 2.42 bits per heavy atom.